The highest BCUT2D eigenvalue weighted by molar-refractivity contribution is 5.74. The quantitative estimate of drug-likeness (QED) is 0.844. The van der Waals surface area contributed by atoms with Gasteiger partial charge in [-0.2, -0.15) is 0 Å². The highest BCUT2D eigenvalue weighted by Crippen LogP contribution is 2.16. The van der Waals surface area contributed by atoms with Crippen molar-refractivity contribution in [3.05, 3.63) is 35.4 Å². The van der Waals surface area contributed by atoms with Crippen molar-refractivity contribution >= 4 is 6.03 Å². The SMILES string of the molecule is CCN(C)Cc1cccc(CNC(=O)N2CCC(CO)CC2)c1. The van der Waals surface area contributed by atoms with Crippen molar-refractivity contribution in [2.45, 2.75) is 32.9 Å². The lowest BCUT2D eigenvalue weighted by atomic mass is 9.98. The summed E-state index contributed by atoms with van der Waals surface area (Å²) in [6.45, 7) is 6.34. The van der Waals surface area contributed by atoms with Crippen LogP contribution in [0.3, 0.4) is 0 Å². The molecule has 1 fully saturated rings. The molecule has 1 aromatic rings. The Bertz CT molecular complexity index is 499. The number of carbonyl (C=O) groups excluding carboxylic acids is 1. The van der Waals surface area contributed by atoms with E-state index in [0.717, 1.165) is 44.6 Å². The number of benzene rings is 1. The maximum atomic E-state index is 12.2. The lowest BCUT2D eigenvalue weighted by Gasteiger charge is -2.31. The summed E-state index contributed by atoms with van der Waals surface area (Å²) in [4.78, 5) is 16.3. The van der Waals surface area contributed by atoms with Gasteiger partial charge >= 0.3 is 6.03 Å². The van der Waals surface area contributed by atoms with Crippen LogP contribution in [0.2, 0.25) is 0 Å². The third-order valence-corrected chi connectivity index (χ3v) is 4.59. The fraction of sp³-hybridized carbons (Fsp3) is 0.611. The van der Waals surface area contributed by atoms with Crippen LogP contribution in [0.15, 0.2) is 24.3 Å². The minimum absolute atomic E-state index is 0.00234. The van der Waals surface area contributed by atoms with E-state index in [-0.39, 0.29) is 12.6 Å². The van der Waals surface area contributed by atoms with Gasteiger partial charge in [0.1, 0.15) is 0 Å². The second kappa shape index (κ2) is 8.89. The Hall–Kier alpha value is -1.59. The largest absolute Gasteiger partial charge is 0.396 e. The third-order valence-electron chi connectivity index (χ3n) is 4.59. The Morgan fingerprint density at radius 3 is 2.70 bits per heavy atom. The van der Waals surface area contributed by atoms with E-state index in [1.807, 2.05) is 17.0 Å². The van der Waals surface area contributed by atoms with E-state index in [1.54, 1.807) is 0 Å². The average Bonchev–Trinajstić information content (AvgIpc) is 2.60. The van der Waals surface area contributed by atoms with Crippen LogP contribution in [0.4, 0.5) is 4.79 Å². The minimum atomic E-state index is -0.00234. The molecule has 1 aromatic carbocycles. The molecule has 23 heavy (non-hydrogen) atoms. The molecule has 0 aromatic heterocycles. The number of rotatable bonds is 6. The van der Waals surface area contributed by atoms with Crippen LogP contribution < -0.4 is 5.32 Å². The number of nitrogens with one attached hydrogen (secondary N) is 1. The van der Waals surface area contributed by atoms with Gasteiger partial charge in [-0.05, 0) is 43.5 Å². The molecule has 0 radical (unpaired) electrons. The zero-order valence-corrected chi connectivity index (χ0v) is 14.3. The van der Waals surface area contributed by atoms with E-state index in [9.17, 15) is 4.79 Å². The fourth-order valence-electron chi connectivity index (χ4n) is 2.87. The summed E-state index contributed by atoms with van der Waals surface area (Å²) in [5.41, 5.74) is 2.40. The van der Waals surface area contributed by atoms with Crippen LogP contribution >= 0.6 is 0 Å². The van der Waals surface area contributed by atoms with E-state index in [4.69, 9.17) is 5.11 Å². The second-order valence-corrected chi connectivity index (χ2v) is 6.42. The van der Waals surface area contributed by atoms with Gasteiger partial charge in [0.15, 0.2) is 0 Å². The molecule has 0 bridgehead atoms. The summed E-state index contributed by atoms with van der Waals surface area (Å²) in [5.74, 6) is 0.353. The van der Waals surface area contributed by atoms with Crippen molar-refractivity contribution in [2.24, 2.45) is 5.92 Å². The van der Waals surface area contributed by atoms with Crippen molar-refractivity contribution in [1.82, 2.24) is 15.1 Å². The number of urea groups is 1. The first-order chi connectivity index (χ1) is 11.1. The first-order valence-corrected chi connectivity index (χ1v) is 8.52. The summed E-state index contributed by atoms with van der Waals surface area (Å²) in [5, 5.41) is 12.2. The number of likely N-dealkylation sites (tertiary alicyclic amines) is 1. The number of aliphatic hydroxyl groups is 1. The van der Waals surface area contributed by atoms with Gasteiger partial charge in [0.25, 0.3) is 0 Å². The Morgan fingerprint density at radius 2 is 2.04 bits per heavy atom. The summed E-state index contributed by atoms with van der Waals surface area (Å²) in [6, 6.07) is 8.38. The molecule has 0 aliphatic carbocycles. The van der Waals surface area contributed by atoms with Gasteiger partial charge in [-0.25, -0.2) is 4.79 Å². The molecule has 1 aliphatic heterocycles. The fourth-order valence-corrected chi connectivity index (χ4v) is 2.87. The third kappa shape index (κ3) is 5.52. The van der Waals surface area contributed by atoms with Crippen molar-refractivity contribution < 1.29 is 9.90 Å². The molecule has 0 unspecified atom stereocenters. The predicted octanol–water partition coefficient (Wildman–Crippen LogP) is 2.05. The van der Waals surface area contributed by atoms with E-state index < -0.39 is 0 Å². The Morgan fingerprint density at radius 1 is 1.35 bits per heavy atom. The van der Waals surface area contributed by atoms with Crippen LogP contribution in [-0.2, 0) is 13.1 Å². The molecule has 1 heterocycles. The van der Waals surface area contributed by atoms with Gasteiger partial charge in [-0.3, -0.25) is 0 Å². The molecular weight excluding hydrogens is 290 g/mol. The number of hydrogen-bond acceptors (Lipinski definition) is 3. The Balaban J connectivity index is 1.81. The van der Waals surface area contributed by atoms with Crippen molar-refractivity contribution in [1.29, 1.82) is 0 Å². The number of carbonyl (C=O) groups is 1. The molecule has 2 rings (SSSR count). The average molecular weight is 319 g/mol. The molecule has 5 nitrogen and oxygen atoms in total. The maximum absolute atomic E-state index is 12.2. The van der Waals surface area contributed by atoms with Crippen LogP contribution in [0.25, 0.3) is 0 Å². The highest BCUT2D eigenvalue weighted by Gasteiger charge is 2.21. The number of hydrogen-bond donors (Lipinski definition) is 2. The first kappa shape index (κ1) is 17.8. The molecule has 0 saturated carbocycles. The van der Waals surface area contributed by atoms with E-state index in [0.29, 0.717) is 12.5 Å². The maximum Gasteiger partial charge on any atom is 0.317 e. The van der Waals surface area contributed by atoms with Crippen molar-refractivity contribution in [3.8, 4) is 0 Å². The van der Waals surface area contributed by atoms with Gasteiger partial charge in [-0.1, -0.05) is 31.2 Å². The minimum Gasteiger partial charge on any atom is -0.396 e. The number of aliphatic hydroxyl groups excluding tert-OH is 1. The Labute approximate surface area is 139 Å². The van der Waals surface area contributed by atoms with Gasteiger partial charge < -0.3 is 20.2 Å². The summed E-state index contributed by atoms with van der Waals surface area (Å²) in [7, 11) is 2.10. The van der Waals surface area contributed by atoms with Crippen LogP contribution in [0.5, 0.6) is 0 Å². The van der Waals surface area contributed by atoms with Gasteiger partial charge in [0, 0.05) is 32.8 Å². The van der Waals surface area contributed by atoms with E-state index in [2.05, 4.69) is 36.3 Å². The summed E-state index contributed by atoms with van der Waals surface area (Å²) < 4.78 is 0. The van der Waals surface area contributed by atoms with Crippen molar-refractivity contribution in [3.63, 3.8) is 0 Å². The van der Waals surface area contributed by atoms with Gasteiger partial charge in [0.2, 0.25) is 0 Å². The number of amides is 2. The van der Waals surface area contributed by atoms with Crippen LogP contribution in [0.1, 0.15) is 30.9 Å². The molecule has 1 aliphatic rings. The molecule has 0 atom stereocenters. The predicted molar refractivity (Wildman–Crippen MR) is 92.1 cm³/mol. The molecule has 2 amide bonds. The molecule has 1 saturated heterocycles. The summed E-state index contributed by atoms with van der Waals surface area (Å²) in [6.07, 6.45) is 1.78. The number of piperidine rings is 1. The number of nitrogens with zero attached hydrogens (tertiary/aromatic N) is 2. The highest BCUT2D eigenvalue weighted by atomic mass is 16.3. The molecule has 5 heteroatoms. The van der Waals surface area contributed by atoms with Gasteiger partial charge in [-0.15, -0.1) is 0 Å². The Kier molecular flexibility index (Phi) is 6.86. The van der Waals surface area contributed by atoms with Crippen LogP contribution in [0, 0.1) is 5.92 Å². The summed E-state index contributed by atoms with van der Waals surface area (Å²) >= 11 is 0. The standard InChI is InChI=1S/C18H29N3O2/c1-3-20(2)13-17-6-4-5-16(11-17)12-19-18(23)21-9-7-15(14-22)8-10-21/h4-6,11,15,22H,3,7-10,12-14H2,1-2H3,(H,19,23). The molecular formula is C18H29N3O2. The smallest absolute Gasteiger partial charge is 0.317 e. The normalized spacial score (nSPS) is 15.9. The monoisotopic (exact) mass is 319 g/mol. The van der Waals surface area contributed by atoms with Crippen LogP contribution in [-0.4, -0.2) is 54.2 Å². The first-order valence-electron chi connectivity index (χ1n) is 8.52. The lowest BCUT2D eigenvalue weighted by Crippen LogP contribution is -2.44. The zero-order chi connectivity index (χ0) is 16.7. The van der Waals surface area contributed by atoms with E-state index >= 15 is 0 Å². The molecule has 2 N–H and O–H groups in total. The lowest BCUT2D eigenvalue weighted by molar-refractivity contribution is 0.137. The van der Waals surface area contributed by atoms with E-state index in [1.165, 1.54) is 5.56 Å². The van der Waals surface area contributed by atoms with Gasteiger partial charge in [0.05, 0.1) is 0 Å². The molecule has 128 valence electrons. The van der Waals surface area contributed by atoms with Crippen molar-refractivity contribution in [2.75, 3.05) is 33.3 Å². The molecule has 0 spiro atoms. The zero-order valence-electron chi connectivity index (χ0n) is 14.3. The second-order valence-electron chi connectivity index (χ2n) is 6.42. The topological polar surface area (TPSA) is 55.8 Å².